The Labute approximate surface area is 159 Å². The molecule has 1 aliphatic rings. The molecule has 0 saturated heterocycles. The molecule has 1 aliphatic heterocycles. The lowest BCUT2D eigenvalue weighted by Gasteiger charge is -2.28. The van der Waals surface area contributed by atoms with E-state index in [1.807, 2.05) is 37.3 Å². The average molecular weight is 368 g/mol. The van der Waals surface area contributed by atoms with Gasteiger partial charge in [-0.1, -0.05) is 30.3 Å². The monoisotopic (exact) mass is 368 g/mol. The van der Waals surface area contributed by atoms with E-state index in [1.165, 1.54) is 12.1 Å². The predicted octanol–water partition coefficient (Wildman–Crippen LogP) is 4.26. The summed E-state index contributed by atoms with van der Waals surface area (Å²) in [6.07, 6.45) is 3.56. The first-order valence-electron chi connectivity index (χ1n) is 9.18. The summed E-state index contributed by atoms with van der Waals surface area (Å²) in [5.74, 6) is 0.585. The van der Waals surface area contributed by atoms with E-state index in [2.05, 4.69) is 5.32 Å². The van der Waals surface area contributed by atoms with Crippen molar-refractivity contribution in [3.05, 3.63) is 71.6 Å². The molecule has 2 amide bonds. The fourth-order valence-corrected chi connectivity index (χ4v) is 3.29. The highest BCUT2D eigenvalue weighted by Gasteiger charge is 2.19. The Kier molecular flexibility index (Phi) is 6.12. The van der Waals surface area contributed by atoms with E-state index in [-0.39, 0.29) is 17.9 Å². The Morgan fingerprint density at radius 2 is 2.04 bits per heavy atom. The summed E-state index contributed by atoms with van der Waals surface area (Å²) in [6, 6.07) is 14.4. The minimum Gasteiger partial charge on any atom is -0.497 e. The number of carbonyl (C=O) groups excluding carboxylic acids is 1. The standard InChI is InChI=1S/C22H25FN2O2/c1-16(14-17-4-3-5-21(15-17)27-2)24-22(26)25-12-10-19(11-13-25)18-6-8-20(23)9-7-18/h3-10,15-16H,11-14H2,1-2H3,(H,24,26). The molecule has 142 valence electrons. The zero-order chi connectivity index (χ0) is 19.2. The first-order valence-corrected chi connectivity index (χ1v) is 9.18. The van der Waals surface area contributed by atoms with E-state index in [0.29, 0.717) is 13.1 Å². The molecule has 0 radical (unpaired) electrons. The van der Waals surface area contributed by atoms with E-state index < -0.39 is 0 Å². The highest BCUT2D eigenvalue weighted by atomic mass is 19.1. The third-order valence-corrected chi connectivity index (χ3v) is 4.76. The summed E-state index contributed by atoms with van der Waals surface area (Å²) in [7, 11) is 1.65. The summed E-state index contributed by atoms with van der Waals surface area (Å²) >= 11 is 0. The molecule has 1 N–H and O–H groups in total. The number of benzene rings is 2. The van der Waals surface area contributed by atoms with Crippen molar-refractivity contribution in [3.8, 4) is 5.75 Å². The number of nitrogens with zero attached hydrogens (tertiary/aromatic N) is 1. The van der Waals surface area contributed by atoms with E-state index >= 15 is 0 Å². The van der Waals surface area contributed by atoms with Crippen LogP contribution in [0, 0.1) is 5.82 Å². The normalized spacial score (nSPS) is 15.1. The summed E-state index contributed by atoms with van der Waals surface area (Å²) in [4.78, 5) is 14.3. The second-order valence-corrected chi connectivity index (χ2v) is 6.84. The highest BCUT2D eigenvalue weighted by molar-refractivity contribution is 5.77. The van der Waals surface area contributed by atoms with E-state index in [0.717, 1.165) is 35.3 Å². The van der Waals surface area contributed by atoms with Crippen LogP contribution in [-0.4, -0.2) is 37.2 Å². The number of hydrogen-bond acceptors (Lipinski definition) is 2. The Morgan fingerprint density at radius 1 is 1.26 bits per heavy atom. The fourth-order valence-electron chi connectivity index (χ4n) is 3.29. The van der Waals surface area contributed by atoms with Gasteiger partial charge in [-0.2, -0.15) is 0 Å². The van der Waals surface area contributed by atoms with Crippen molar-refractivity contribution in [3.63, 3.8) is 0 Å². The SMILES string of the molecule is COc1cccc(CC(C)NC(=O)N2CC=C(c3ccc(F)cc3)CC2)c1. The lowest BCUT2D eigenvalue weighted by molar-refractivity contribution is 0.199. The molecule has 0 aromatic heterocycles. The van der Waals surface area contributed by atoms with Crippen molar-refractivity contribution >= 4 is 11.6 Å². The molecule has 0 aliphatic carbocycles. The van der Waals surface area contributed by atoms with Crippen molar-refractivity contribution in [2.45, 2.75) is 25.8 Å². The van der Waals surface area contributed by atoms with Crippen LogP contribution in [-0.2, 0) is 6.42 Å². The van der Waals surface area contributed by atoms with Gasteiger partial charge >= 0.3 is 6.03 Å². The highest BCUT2D eigenvalue weighted by Crippen LogP contribution is 2.22. The molecular weight excluding hydrogens is 343 g/mol. The fraction of sp³-hybridized carbons (Fsp3) is 0.318. The number of urea groups is 1. The number of rotatable bonds is 5. The smallest absolute Gasteiger partial charge is 0.317 e. The van der Waals surface area contributed by atoms with Gasteiger partial charge in [0.15, 0.2) is 0 Å². The van der Waals surface area contributed by atoms with Crippen molar-refractivity contribution < 1.29 is 13.9 Å². The molecule has 4 nitrogen and oxygen atoms in total. The van der Waals surface area contributed by atoms with Gasteiger partial charge in [-0.25, -0.2) is 9.18 Å². The molecule has 1 heterocycles. The molecule has 1 unspecified atom stereocenters. The van der Waals surface area contributed by atoms with Gasteiger partial charge in [-0.05, 0) is 60.7 Å². The van der Waals surface area contributed by atoms with Gasteiger partial charge in [0.05, 0.1) is 7.11 Å². The zero-order valence-corrected chi connectivity index (χ0v) is 15.7. The summed E-state index contributed by atoms with van der Waals surface area (Å²) in [5.41, 5.74) is 3.30. The number of halogens is 1. The van der Waals surface area contributed by atoms with Crippen LogP contribution >= 0.6 is 0 Å². The molecule has 0 saturated carbocycles. The maximum Gasteiger partial charge on any atom is 0.317 e. The molecule has 0 bridgehead atoms. The first-order chi connectivity index (χ1) is 13.0. The van der Waals surface area contributed by atoms with Crippen molar-refractivity contribution in [1.29, 1.82) is 0 Å². The number of amides is 2. The Balaban J connectivity index is 1.53. The van der Waals surface area contributed by atoms with Crippen molar-refractivity contribution in [2.75, 3.05) is 20.2 Å². The van der Waals surface area contributed by atoms with Crippen molar-refractivity contribution in [2.24, 2.45) is 0 Å². The van der Waals surface area contributed by atoms with Crippen LogP contribution in [0.1, 0.15) is 24.5 Å². The van der Waals surface area contributed by atoms with Crippen LogP contribution in [0.3, 0.4) is 0 Å². The third-order valence-electron chi connectivity index (χ3n) is 4.76. The van der Waals surface area contributed by atoms with Gasteiger partial charge in [-0.3, -0.25) is 0 Å². The van der Waals surface area contributed by atoms with E-state index in [9.17, 15) is 9.18 Å². The van der Waals surface area contributed by atoms with Crippen LogP contribution in [0.5, 0.6) is 5.75 Å². The predicted molar refractivity (Wildman–Crippen MR) is 105 cm³/mol. The Hall–Kier alpha value is -2.82. The minimum atomic E-state index is -0.235. The summed E-state index contributed by atoms with van der Waals surface area (Å²) in [5, 5.41) is 3.06. The average Bonchev–Trinajstić information content (AvgIpc) is 2.68. The number of methoxy groups -OCH3 is 1. The van der Waals surface area contributed by atoms with Crippen LogP contribution in [0.25, 0.3) is 5.57 Å². The zero-order valence-electron chi connectivity index (χ0n) is 15.7. The topological polar surface area (TPSA) is 41.6 Å². The number of ether oxygens (including phenoxy) is 1. The lowest BCUT2D eigenvalue weighted by Crippen LogP contribution is -2.46. The largest absolute Gasteiger partial charge is 0.497 e. The molecule has 2 aromatic carbocycles. The summed E-state index contributed by atoms with van der Waals surface area (Å²) in [6.45, 7) is 3.21. The Bertz CT molecular complexity index is 817. The second kappa shape index (κ2) is 8.71. The van der Waals surface area contributed by atoms with Crippen LogP contribution in [0.4, 0.5) is 9.18 Å². The van der Waals surface area contributed by atoms with Gasteiger partial charge in [-0.15, -0.1) is 0 Å². The molecule has 3 rings (SSSR count). The quantitative estimate of drug-likeness (QED) is 0.857. The van der Waals surface area contributed by atoms with Crippen LogP contribution in [0.2, 0.25) is 0 Å². The molecule has 0 fully saturated rings. The van der Waals surface area contributed by atoms with Gasteiger partial charge in [0, 0.05) is 19.1 Å². The van der Waals surface area contributed by atoms with Crippen molar-refractivity contribution in [1.82, 2.24) is 10.2 Å². The molecule has 2 aromatic rings. The third kappa shape index (κ3) is 5.09. The lowest BCUT2D eigenvalue weighted by atomic mass is 9.99. The Morgan fingerprint density at radius 3 is 2.70 bits per heavy atom. The van der Waals surface area contributed by atoms with Gasteiger partial charge in [0.1, 0.15) is 11.6 Å². The molecule has 5 heteroatoms. The van der Waals surface area contributed by atoms with Gasteiger partial charge in [0.25, 0.3) is 0 Å². The number of carbonyl (C=O) groups is 1. The molecule has 27 heavy (non-hydrogen) atoms. The number of nitrogens with one attached hydrogen (secondary N) is 1. The summed E-state index contributed by atoms with van der Waals surface area (Å²) < 4.78 is 18.3. The van der Waals surface area contributed by atoms with Crippen LogP contribution < -0.4 is 10.1 Å². The van der Waals surface area contributed by atoms with Gasteiger partial charge in [0.2, 0.25) is 0 Å². The minimum absolute atomic E-state index is 0.0204. The van der Waals surface area contributed by atoms with E-state index in [1.54, 1.807) is 24.1 Å². The number of hydrogen-bond donors (Lipinski definition) is 1. The second-order valence-electron chi connectivity index (χ2n) is 6.84. The van der Waals surface area contributed by atoms with E-state index in [4.69, 9.17) is 4.74 Å². The maximum atomic E-state index is 13.1. The van der Waals surface area contributed by atoms with Crippen LogP contribution in [0.15, 0.2) is 54.6 Å². The molecular formula is C22H25FN2O2. The first kappa shape index (κ1) is 19.0. The molecule has 1 atom stereocenters. The maximum absolute atomic E-state index is 13.1. The van der Waals surface area contributed by atoms with Gasteiger partial charge < -0.3 is 15.0 Å². The molecule has 0 spiro atoms.